The Morgan fingerprint density at radius 1 is 1.15 bits per heavy atom. The molecular formula is C29H32F3N5O4. The van der Waals surface area contributed by atoms with Crippen LogP contribution in [-0.2, 0) is 24.3 Å². The van der Waals surface area contributed by atoms with E-state index in [2.05, 4.69) is 25.5 Å². The van der Waals surface area contributed by atoms with Gasteiger partial charge in [0.25, 0.3) is 0 Å². The number of aryl methyl sites for hydroxylation is 1. The van der Waals surface area contributed by atoms with E-state index in [1.165, 1.54) is 18.2 Å². The summed E-state index contributed by atoms with van der Waals surface area (Å²) in [6, 6.07) is 9.34. The van der Waals surface area contributed by atoms with Gasteiger partial charge in [0.1, 0.15) is 5.75 Å². The maximum absolute atomic E-state index is 13.0. The van der Waals surface area contributed by atoms with Gasteiger partial charge in [-0.3, -0.25) is 4.79 Å². The zero-order valence-electron chi connectivity index (χ0n) is 23.3. The number of aromatic nitrogens is 2. The number of nitrogens with one attached hydrogen (secondary N) is 2. The standard InChI is InChI=1S/C29H32F3N5O4/c1-16-34-26(41-36-16)23-13-22(23)25(38)33-14-18-8-9-20(17-6-5-7-19(12-17)40-29(30,31)32)21-10-11-37(15-24(18)21)27(39)35-28(2,3)4/h5-9,12,22-23H,10-11,13-15H2,1-4H3,(H,33,38)(H,35,39)/t22?,23-/m0/s1. The molecule has 2 aliphatic rings. The van der Waals surface area contributed by atoms with Crippen molar-refractivity contribution in [2.75, 3.05) is 6.54 Å². The summed E-state index contributed by atoms with van der Waals surface area (Å²) in [5.74, 6) is 0.192. The lowest BCUT2D eigenvalue weighted by molar-refractivity contribution is -0.274. The molecule has 0 spiro atoms. The molecule has 218 valence electrons. The predicted octanol–water partition coefficient (Wildman–Crippen LogP) is 5.23. The molecule has 0 saturated heterocycles. The molecule has 3 amide bonds. The number of hydrogen-bond acceptors (Lipinski definition) is 6. The first-order valence-corrected chi connectivity index (χ1v) is 13.4. The molecule has 3 aromatic rings. The molecule has 9 nitrogen and oxygen atoms in total. The van der Waals surface area contributed by atoms with Gasteiger partial charge in [-0.25, -0.2) is 4.79 Å². The summed E-state index contributed by atoms with van der Waals surface area (Å²) in [6.07, 6.45) is -3.68. The number of alkyl halides is 3. The highest BCUT2D eigenvalue weighted by Crippen LogP contribution is 2.47. The first-order chi connectivity index (χ1) is 19.3. The fourth-order valence-electron chi connectivity index (χ4n) is 5.15. The first kappa shape index (κ1) is 28.4. The van der Waals surface area contributed by atoms with Gasteiger partial charge < -0.3 is 24.8 Å². The summed E-state index contributed by atoms with van der Waals surface area (Å²) in [4.78, 5) is 31.9. The molecule has 1 fully saturated rings. The summed E-state index contributed by atoms with van der Waals surface area (Å²) < 4.78 is 47.9. The second kappa shape index (κ2) is 10.7. The third-order valence-corrected chi connectivity index (χ3v) is 7.10. The Bertz CT molecular complexity index is 1460. The van der Waals surface area contributed by atoms with E-state index in [4.69, 9.17) is 4.52 Å². The fraction of sp³-hybridized carbons (Fsp3) is 0.448. The van der Waals surface area contributed by atoms with Crippen molar-refractivity contribution in [3.05, 3.63) is 64.8 Å². The van der Waals surface area contributed by atoms with Crippen LogP contribution in [0.1, 0.15) is 61.5 Å². The Morgan fingerprint density at radius 3 is 2.61 bits per heavy atom. The molecule has 2 aromatic carbocycles. The van der Waals surface area contributed by atoms with E-state index in [0.717, 1.165) is 22.3 Å². The van der Waals surface area contributed by atoms with Gasteiger partial charge in [-0.05, 0) is 80.5 Å². The van der Waals surface area contributed by atoms with Gasteiger partial charge in [0.2, 0.25) is 11.8 Å². The quantitative estimate of drug-likeness (QED) is 0.420. The molecular weight excluding hydrogens is 539 g/mol. The molecule has 1 aromatic heterocycles. The van der Waals surface area contributed by atoms with Crippen LogP contribution in [-0.4, -0.2) is 45.4 Å². The number of nitrogens with zero attached hydrogens (tertiary/aromatic N) is 3. The number of halogens is 3. The number of amides is 3. The zero-order valence-corrected chi connectivity index (χ0v) is 23.3. The maximum Gasteiger partial charge on any atom is 0.573 e. The Hall–Kier alpha value is -4.09. The van der Waals surface area contributed by atoms with Crippen molar-refractivity contribution in [3.8, 4) is 16.9 Å². The van der Waals surface area contributed by atoms with E-state index in [-0.39, 0.29) is 36.1 Å². The summed E-state index contributed by atoms with van der Waals surface area (Å²) in [5, 5.41) is 9.78. The van der Waals surface area contributed by atoms with Crippen molar-refractivity contribution < 1.29 is 32.0 Å². The molecule has 0 radical (unpaired) electrons. The number of carbonyl (C=O) groups is 2. The topological polar surface area (TPSA) is 110 Å². The van der Waals surface area contributed by atoms with Gasteiger partial charge >= 0.3 is 12.4 Å². The largest absolute Gasteiger partial charge is 0.573 e. The molecule has 2 heterocycles. The average Bonchev–Trinajstić information content (AvgIpc) is 3.57. The van der Waals surface area contributed by atoms with E-state index < -0.39 is 11.9 Å². The summed E-state index contributed by atoms with van der Waals surface area (Å²) in [5.41, 5.74) is 3.52. The number of hydrogen-bond donors (Lipinski definition) is 2. The smallest absolute Gasteiger partial charge is 0.406 e. The lowest BCUT2D eigenvalue weighted by Gasteiger charge is -2.34. The number of rotatable bonds is 6. The van der Waals surface area contributed by atoms with Crippen molar-refractivity contribution in [1.82, 2.24) is 25.7 Å². The summed E-state index contributed by atoms with van der Waals surface area (Å²) in [6.45, 7) is 8.39. The van der Waals surface area contributed by atoms with Crippen LogP contribution < -0.4 is 15.4 Å². The van der Waals surface area contributed by atoms with Gasteiger partial charge in [0.15, 0.2) is 5.82 Å². The molecule has 1 unspecified atom stereocenters. The van der Waals surface area contributed by atoms with Crippen LogP contribution in [0.15, 0.2) is 40.9 Å². The van der Waals surface area contributed by atoms with Gasteiger partial charge in [0.05, 0.1) is 11.8 Å². The minimum absolute atomic E-state index is 0.102. The molecule has 5 rings (SSSR count). The van der Waals surface area contributed by atoms with Crippen LogP contribution in [0.5, 0.6) is 5.75 Å². The van der Waals surface area contributed by atoms with E-state index >= 15 is 0 Å². The van der Waals surface area contributed by atoms with E-state index in [9.17, 15) is 22.8 Å². The molecule has 41 heavy (non-hydrogen) atoms. The number of carbonyl (C=O) groups excluding carboxylic acids is 2. The van der Waals surface area contributed by atoms with Gasteiger partial charge in [-0.2, -0.15) is 4.98 Å². The molecule has 1 saturated carbocycles. The minimum Gasteiger partial charge on any atom is -0.406 e. The highest BCUT2D eigenvalue weighted by atomic mass is 19.4. The maximum atomic E-state index is 13.0. The van der Waals surface area contributed by atoms with Crippen LogP contribution >= 0.6 is 0 Å². The van der Waals surface area contributed by atoms with Gasteiger partial charge in [-0.1, -0.05) is 29.4 Å². The monoisotopic (exact) mass is 571 g/mol. The fourth-order valence-corrected chi connectivity index (χ4v) is 5.15. The van der Waals surface area contributed by atoms with E-state index in [0.29, 0.717) is 43.2 Å². The second-order valence-electron chi connectivity index (χ2n) is 11.5. The third-order valence-electron chi connectivity index (χ3n) is 7.10. The lowest BCUT2D eigenvalue weighted by Crippen LogP contribution is -2.50. The van der Waals surface area contributed by atoms with Crippen molar-refractivity contribution in [1.29, 1.82) is 0 Å². The van der Waals surface area contributed by atoms with Gasteiger partial charge in [-0.15, -0.1) is 13.2 Å². The SMILES string of the molecule is Cc1noc([C@H]2CC2C(=O)NCc2ccc(-c3cccc(OC(F)(F)F)c3)c3c2CN(C(=O)NC(C)(C)C)CC3)n1. The molecule has 12 heteroatoms. The van der Waals surface area contributed by atoms with Crippen LogP contribution in [0, 0.1) is 12.8 Å². The zero-order chi connectivity index (χ0) is 29.5. The van der Waals surface area contributed by atoms with Crippen LogP contribution in [0.25, 0.3) is 11.1 Å². The number of benzene rings is 2. The van der Waals surface area contributed by atoms with Crippen molar-refractivity contribution >= 4 is 11.9 Å². The third kappa shape index (κ3) is 6.80. The normalized spacial score (nSPS) is 18.5. The Balaban J connectivity index is 1.40. The minimum atomic E-state index is -4.80. The van der Waals surface area contributed by atoms with Crippen molar-refractivity contribution in [2.45, 2.75) is 71.4 Å². The van der Waals surface area contributed by atoms with Crippen LogP contribution in [0.2, 0.25) is 0 Å². The Morgan fingerprint density at radius 2 is 1.93 bits per heavy atom. The molecule has 2 atom stereocenters. The van der Waals surface area contributed by atoms with Crippen LogP contribution in [0.4, 0.5) is 18.0 Å². The highest BCUT2D eigenvalue weighted by Gasteiger charge is 2.47. The van der Waals surface area contributed by atoms with Crippen molar-refractivity contribution in [3.63, 3.8) is 0 Å². The molecule has 1 aliphatic heterocycles. The highest BCUT2D eigenvalue weighted by molar-refractivity contribution is 5.83. The Labute approximate surface area is 235 Å². The molecule has 2 N–H and O–H groups in total. The summed E-state index contributed by atoms with van der Waals surface area (Å²) in [7, 11) is 0. The average molecular weight is 572 g/mol. The van der Waals surface area contributed by atoms with E-state index in [1.807, 2.05) is 32.9 Å². The lowest BCUT2D eigenvalue weighted by atomic mass is 9.87. The summed E-state index contributed by atoms with van der Waals surface area (Å²) >= 11 is 0. The van der Waals surface area contributed by atoms with E-state index in [1.54, 1.807) is 17.9 Å². The molecule has 0 bridgehead atoms. The predicted molar refractivity (Wildman–Crippen MR) is 143 cm³/mol. The number of urea groups is 1. The Kier molecular flexibility index (Phi) is 7.43. The molecule has 1 aliphatic carbocycles. The number of ether oxygens (including phenoxy) is 1. The van der Waals surface area contributed by atoms with Crippen LogP contribution in [0.3, 0.4) is 0 Å². The van der Waals surface area contributed by atoms with Gasteiger partial charge in [0, 0.05) is 25.2 Å². The number of fused-ring (bicyclic) bond motifs is 1. The second-order valence-corrected chi connectivity index (χ2v) is 11.5. The first-order valence-electron chi connectivity index (χ1n) is 13.4. The van der Waals surface area contributed by atoms with Crippen molar-refractivity contribution in [2.24, 2.45) is 5.92 Å².